The van der Waals surface area contributed by atoms with Crippen molar-refractivity contribution in [2.45, 2.75) is 13.3 Å². The van der Waals surface area contributed by atoms with Crippen molar-refractivity contribution in [1.82, 2.24) is 9.97 Å². The number of ether oxygens (including phenoxy) is 1. The van der Waals surface area contributed by atoms with E-state index >= 15 is 0 Å². The standard InChI is InChI=1S/C13H14N4O2/c1-2-9-3-5-10(6-4-9)19-13-11(12(14)17-18)15-7-8-16-13/h3-8,18H,2H2,1H3,(H2,14,17). The first-order chi connectivity index (χ1) is 9.24. The van der Waals surface area contributed by atoms with Crippen molar-refractivity contribution in [3.8, 4) is 11.6 Å². The van der Waals surface area contributed by atoms with Crippen molar-refractivity contribution >= 4 is 5.84 Å². The largest absolute Gasteiger partial charge is 0.437 e. The Morgan fingerprint density at radius 2 is 1.95 bits per heavy atom. The number of oxime groups is 1. The lowest BCUT2D eigenvalue weighted by atomic mass is 10.2. The van der Waals surface area contributed by atoms with Crippen LogP contribution in [0.4, 0.5) is 0 Å². The molecule has 0 atom stereocenters. The van der Waals surface area contributed by atoms with E-state index in [2.05, 4.69) is 22.0 Å². The number of nitrogens with zero attached hydrogens (tertiary/aromatic N) is 3. The number of rotatable bonds is 4. The van der Waals surface area contributed by atoms with Gasteiger partial charge in [0.05, 0.1) is 0 Å². The second kappa shape index (κ2) is 5.81. The summed E-state index contributed by atoms with van der Waals surface area (Å²) in [7, 11) is 0. The highest BCUT2D eigenvalue weighted by molar-refractivity contribution is 5.97. The second-order valence-corrected chi connectivity index (χ2v) is 3.79. The van der Waals surface area contributed by atoms with Gasteiger partial charge in [-0.15, -0.1) is 0 Å². The highest BCUT2D eigenvalue weighted by atomic mass is 16.5. The third kappa shape index (κ3) is 2.98. The van der Waals surface area contributed by atoms with Crippen molar-refractivity contribution in [2.24, 2.45) is 10.9 Å². The third-order valence-corrected chi connectivity index (χ3v) is 2.56. The molecule has 1 aromatic heterocycles. The fraction of sp³-hybridized carbons (Fsp3) is 0.154. The quantitative estimate of drug-likeness (QED) is 0.378. The van der Waals surface area contributed by atoms with E-state index in [9.17, 15) is 0 Å². The fourth-order valence-electron chi connectivity index (χ4n) is 1.53. The average Bonchev–Trinajstić information content (AvgIpc) is 2.48. The van der Waals surface area contributed by atoms with Crippen LogP contribution in [0.15, 0.2) is 41.8 Å². The van der Waals surface area contributed by atoms with Gasteiger partial charge in [-0.1, -0.05) is 24.2 Å². The summed E-state index contributed by atoms with van der Waals surface area (Å²) in [5.41, 5.74) is 6.92. The van der Waals surface area contributed by atoms with Crippen LogP contribution in [0.5, 0.6) is 11.6 Å². The molecule has 3 N–H and O–H groups in total. The van der Waals surface area contributed by atoms with Crippen LogP contribution in [0.2, 0.25) is 0 Å². The van der Waals surface area contributed by atoms with E-state index in [1.807, 2.05) is 24.3 Å². The maximum Gasteiger partial charge on any atom is 0.249 e. The summed E-state index contributed by atoms with van der Waals surface area (Å²) < 4.78 is 5.59. The van der Waals surface area contributed by atoms with Gasteiger partial charge in [-0.3, -0.25) is 0 Å². The van der Waals surface area contributed by atoms with Crippen LogP contribution in [0.1, 0.15) is 18.2 Å². The number of benzene rings is 1. The monoisotopic (exact) mass is 258 g/mol. The lowest BCUT2D eigenvalue weighted by Gasteiger charge is -2.08. The molecule has 0 saturated heterocycles. The molecular weight excluding hydrogens is 244 g/mol. The smallest absolute Gasteiger partial charge is 0.249 e. The highest BCUT2D eigenvalue weighted by Gasteiger charge is 2.11. The Hall–Kier alpha value is -2.63. The molecule has 1 aromatic carbocycles. The maximum atomic E-state index is 8.69. The van der Waals surface area contributed by atoms with Crippen LogP contribution in [0, 0.1) is 0 Å². The maximum absolute atomic E-state index is 8.69. The molecule has 0 radical (unpaired) electrons. The number of hydrogen-bond acceptors (Lipinski definition) is 5. The number of aromatic nitrogens is 2. The zero-order chi connectivity index (χ0) is 13.7. The lowest BCUT2D eigenvalue weighted by Crippen LogP contribution is -2.16. The van der Waals surface area contributed by atoms with Crippen molar-refractivity contribution in [3.63, 3.8) is 0 Å². The van der Waals surface area contributed by atoms with Gasteiger partial charge >= 0.3 is 0 Å². The van der Waals surface area contributed by atoms with Gasteiger partial charge in [-0.2, -0.15) is 0 Å². The Morgan fingerprint density at radius 3 is 2.58 bits per heavy atom. The molecule has 0 amide bonds. The number of nitrogens with two attached hydrogens (primary N) is 1. The Kier molecular flexibility index (Phi) is 3.92. The predicted octanol–water partition coefficient (Wildman–Crippen LogP) is 1.93. The highest BCUT2D eigenvalue weighted by Crippen LogP contribution is 2.21. The molecule has 2 rings (SSSR count). The Balaban J connectivity index is 2.27. The van der Waals surface area contributed by atoms with E-state index in [1.54, 1.807) is 0 Å². The molecule has 0 fully saturated rings. The molecular formula is C13H14N4O2. The molecule has 0 aliphatic rings. The van der Waals surface area contributed by atoms with Crippen LogP contribution in [0.3, 0.4) is 0 Å². The third-order valence-electron chi connectivity index (χ3n) is 2.56. The van der Waals surface area contributed by atoms with Gasteiger partial charge in [0.1, 0.15) is 5.75 Å². The first kappa shape index (κ1) is 12.8. The Labute approximate surface area is 110 Å². The summed E-state index contributed by atoms with van der Waals surface area (Å²) in [5, 5.41) is 11.6. The summed E-state index contributed by atoms with van der Waals surface area (Å²) in [6.07, 6.45) is 3.88. The van der Waals surface area contributed by atoms with Gasteiger partial charge in [0, 0.05) is 12.4 Å². The molecule has 0 saturated carbocycles. The van der Waals surface area contributed by atoms with Crippen LogP contribution in [-0.2, 0) is 6.42 Å². The van der Waals surface area contributed by atoms with Crippen LogP contribution in [-0.4, -0.2) is 21.0 Å². The summed E-state index contributed by atoms with van der Waals surface area (Å²) in [5.74, 6) is 0.667. The lowest BCUT2D eigenvalue weighted by molar-refractivity contribution is 0.318. The van der Waals surface area contributed by atoms with Crippen LogP contribution in [0.25, 0.3) is 0 Å². The summed E-state index contributed by atoms with van der Waals surface area (Å²) in [6.45, 7) is 2.08. The minimum atomic E-state index is -0.145. The number of aryl methyl sites for hydroxylation is 1. The topological polar surface area (TPSA) is 93.6 Å². The second-order valence-electron chi connectivity index (χ2n) is 3.79. The molecule has 1 heterocycles. The van der Waals surface area contributed by atoms with Gasteiger partial charge in [0.2, 0.25) is 5.88 Å². The summed E-state index contributed by atoms with van der Waals surface area (Å²) >= 11 is 0. The molecule has 6 nitrogen and oxygen atoms in total. The summed E-state index contributed by atoms with van der Waals surface area (Å²) in [6, 6.07) is 7.61. The van der Waals surface area contributed by atoms with E-state index in [-0.39, 0.29) is 17.4 Å². The van der Waals surface area contributed by atoms with Crippen molar-refractivity contribution in [3.05, 3.63) is 47.9 Å². The summed E-state index contributed by atoms with van der Waals surface area (Å²) in [4.78, 5) is 8.00. The normalized spacial score (nSPS) is 11.3. The number of hydrogen-bond donors (Lipinski definition) is 2. The molecule has 0 aliphatic carbocycles. The van der Waals surface area contributed by atoms with Crippen molar-refractivity contribution in [1.29, 1.82) is 0 Å². The molecule has 2 aromatic rings. The molecule has 98 valence electrons. The molecule has 0 unspecified atom stereocenters. The SMILES string of the molecule is CCc1ccc(Oc2nccnc2/C(N)=N/O)cc1. The van der Waals surface area contributed by atoms with Gasteiger partial charge in [0.15, 0.2) is 11.5 Å². The van der Waals surface area contributed by atoms with E-state index in [4.69, 9.17) is 15.7 Å². The zero-order valence-electron chi connectivity index (χ0n) is 10.4. The Bertz CT molecular complexity index is 581. The molecule has 0 bridgehead atoms. The fourth-order valence-corrected chi connectivity index (χ4v) is 1.53. The first-order valence-corrected chi connectivity index (χ1v) is 5.80. The van der Waals surface area contributed by atoms with E-state index in [0.29, 0.717) is 5.75 Å². The molecule has 6 heteroatoms. The predicted molar refractivity (Wildman–Crippen MR) is 70.4 cm³/mol. The van der Waals surface area contributed by atoms with Crippen LogP contribution >= 0.6 is 0 Å². The van der Waals surface area contributed by atoms with Crippen molar-refractivity contribution in [2.75, 3.05) is 0 Å². The van der Waals surface area contributed by atoms with E-state index < -0.39 is 0 Å². The zero-order valence-corrected chi connectivity index (χ0v) is 10.4. The first-order valence-electron chi connectivity index (χ1n) is 5.80. The van der Waals surface area contributed by atoms with Gasteiger partial charge in [-0.25, -0.2) is 9.97 Å². The van der Waals surface area contributed by atoms with Crippen molar-refractivity contribution < 1.29 is 9.94 Å². The van der Waals surface area contributed by atoms with Gasteiger partial charge in [-0.05, 0) is 24.1 Å². The van der Waals surface area contributed by atoms with E-state index in [0.717, 1.165) is 6.42 Å². The minimum absolute atomic E-state index is 0.145. The number of amidine groups is 1. The molecule has 19 heavy (non-hydrogen) atoms. The minimum Gasteiger partial charge on any atom is -0.437 e. The van der Waals surface area contributed by atoms with Crippen LogP contribution < -0.4 is 10.5 Å². The van der Waals surface area contributed by atoms with Gasteiger partial charge in [0.25, 0.3) is 0 Å². The molecule has 0 spiro atoms. The van der Waals surface area contributed by atoms with E-state index in [1.165, 1.54) is 18.0 Å². The average molecular weight is 258 g/mol. The van der Waals surface area contributed by atoms with Gasteiger partial charge < -0.3 is 15.7 Å². The Morgan fingerprint density at radius 1 is 1.26 bits per heavy atom. The molecule has 0 aliphatic heterocycles.